The van der Waals surface area contributed by atoms with E-state index in [1.807, 2.05) is 31.2 Å². The maximum atomic E-state index is 14.5. The predicted octanol–water partition coefficient (Wildman–Crippen LogP) is 0.226. The fourth-order valence-corrected chi connectivity index (χ4v) is 7.19. The van der Waals surface area contributed by atoms with Gasteiger partial charge in [-0.05, 0) is 74.2 Å². The van der Waals surface area contributed by atoms with E-state index in [4.69, 9.17) is 17.2 Å². The number of carboxylic acid groups (broad SMARTS) is 1. The van der Waals surface area contributed by atoms with Gasteiger partial charge in [0, 0.05) is 29.9 Å². The summed E-state index contributed by atoms with van der Waals surface area (Å²) < 4.78 is 0. The summed E-state index contributed by atoms with van der Waals surface area (Å²) in [5.74, 6) is -6.65. The van der Waals surface area contributed by atoms with Gasteiger partial charge in [0.05, 0.1) is 12.6 Å². The van der Waals surface area contributed by atoms with Crippen LogP contribution in [0.1, 0.15) is 83.8 Å². The number of aromatic nitrogens is 1. The van der Waals surface area contributed by atoms with Gasteiger partial charge in [0.1, 0.15) is 36.3 Å². The summed E-state index contributed by atoms with van der Waals surface area (Å²) in [5.41, 5.74) is 19.4. The monoisotopic (exact) mass is 907 g/mol. The number of H-pyrrole nitrogens is 1. The highest BCUT2D eigenvalue weighted by atomic mass is 16.4. The van der Waals surface area contributed by atoms with E-state index in [2.05, 4.69) is 36.9 Å². The van der Waals surface area contributed by atoms with Gasteiger partial charge >= 0.3 is 5.97 Å². The molecule has 3 aromatic rings. The smallest absolute Gasteiger partial charge is 0.326 e. The van der Waals surface area contributed by atoms with Gasteiger partial charge in [0.15, 0.2) is 0 Å². The minimum atomic E-state index is -1.43. The van der Waals surface area contributed by atoms with Crippen molar-refractivity contribution in [2.24, 2.45) is 29.0 Å². The van der Waals surface area contributed by atoms with Crippen LogP contribution in [0.15, 0.2) is 60.8 Å². The number of aliphatic hydroxyl groups excluding tert-OH is 1. The highest BCUT2D eigenvalue weighted by Crippen LogP contribution is 2.20. The first-order valence-corrected chi connectivity index (χ1v) is 22.4. The number of para-hydroxylation sites is 1. The molecule has 65 heavy (non-hydrogen) atoms. The number of fused-ring (bicyclic) bond motifs is 1. The van der Waals surface area contributed by atoms with Crippen molar-refractivity contribution in [3.8, 4) is 0 Å². The van der Waals surface area contributed by atoms with E-state index < -0.39 is 102 Å². The number of hydrogen-bond acceptors (Lipinski definition) is 11. The highest BCUT2D eigenvalue weighted by molar-refractivity contribution is 5.97. The Morgan fingerprint density at radius 3 is 1.75 bits per heavy atom. The second-order valence-corrected chi connectivity index (χ2v) is 16.8. The number of benzene rings is 2. The van der Waals surface area contributed by atoms with E-state index in [9.17, 15) is 43.8 Å². The number of hydrogen-bond donors (Lipinski definition) is 12. The first-order valence-electron chi connectivity index (χ1n) is 22.4. The number of unbranched alkanes of at least 4 members (excludes halogenated alkanes) is 2. The third kappa shape index (κ3) is 16.9. The Morgan fingerprint density at radius 2 is 1.14 bits per heavy atom. The Morgan fingerprint density at radius 1 is 0.615 bits per heavy atom. The van der Waals surface area contributed by atoms with Crippen molar-refractivity contribution in [2.45, 2.75) is 128 Å². The van der Waals surface area contributed by atoms with Gasteiger partial charge in [0.2, 0.25) is 35.4 Å². The summed E-state index contributed by atoms with van der Waals surface area (Å²) in [4.78, 5) is 98.4. The fourth-order valence-electron chi connectivity index (χ4n) is 7.19. The zero-order valence-corrected chi connectivity index (χ0v) is 37.9. The van der Waals surface area contributed by atoms with Crippen molar-refractivity contribution in [1.82, 2.24) is 36.9 Å². The van der Waals surface area contributed by atoms with Crippen LogP contribution >= 0.6 is 0 Å². The van der Waals surface area contributed by atoms with Crippen molar-refractivity contribution in [1.29, 1.82) is 0 Å². The zero-order valence-electron chi connectivity index (χ0n) is 37.9. The van der Waals surface area contributed by atoms with Crippen LogP contribution in [-0.2, 0) is 46.4 Å². The van der Waals surface area contributed by atoms with Crippen molar-refractivity contribution in [3.05, 3.63) is 71.9 Å². The normalized spacial score (nSPS) is 15.0. The average Bonchev–Trinajstić information content (AvgIpc) is 3.70. The van der Waals surface area contributed by atoms with Crippen LogP contribution in [-0.4, -0.2) is 119 Å². The number of aliphatic carboxylic acids is 1. The molecule has 1 heterocycles. The predicted molar refractivity (Wildman–Crippen MR) is 247 cm³/mol. The summed E-state index contributed by atoms with van der Waals surface area (Å²) in [7, 11) is 0. The maximum Gasteiger partial charge on any atom is 0.326 e. The van der Waals surface area contributed by atoms with Gasteiger partial charge in [-0.15, -0.1) is 0 Å². The first-order chi connectivity index (χ1) is 31.0. The zero-order chi connectivity index (χ0) is 48.1. The number of amides is 6. The van der Waals surface area contributed by atoms with E-state index in [1.54, 1.807) is 57.3 Å². The molecular weight excluding hydrogens is 837 g/mol. The van der Waals surface area contributed by atoms with E-state index in [1.165, 1.54) is 0 Å². The molecule has 0 fully saturated rings. The van der Waals surface area contributed by atoms with Gasteiger partial charge in [-0.1, -0.05) is 89.1 Å². The van der Waals surface area contributed by atoms with Crippen molar-refractivity contribution >= 4 is 52.3 Å². The lowest BCUT2D eigenvalue weighted by molar-refractivity contribution is -0.143. The maximum absolute atomic E-state index is 14.5. The van der Waals surface area contributed by atoms with Crippen molar-refractivity contribution < 1.29 is 43.8 Å². The molecule has 0 bridgehead atoms. The SMILES string of the molecule is CC[C@H](C)[C@H](NC(=O)[C@H](CCCCN)NC(=O)[C@H](CO)NC(=O)[C@@H](N)CCCCN)C(=O)N[C@@H](Cc1c[nH]c2ccccc12)C(=O)N[C@@H](Cc1ccccc1)C(=O)N[C@H](C(=O)O)C(C)C. The third-order valence-electron chi connectivity index (χ3n) is 11.4. The largest absolute Gasteiger partial charge is 0.480 e. The lowest BCUT2D eigenvalue weighted by atomic mass is 9.96. The molecule has 1 aromatic heterocycles. The molecule has 8 atom stereocenters. The quantitative estimate of drug-likeness (QED) is 0.0417. The van der Waals surface area contributed by atoms with Gasteiger partial charge in [-0.2, -0.15) is 0 Å². The number of aliphatic hydroxyl groups is 1. The van der Waals surface area contributed by atoms with E-state index in [0.29, 0.717) is 62.7 Å². The first kappa shape index (κ1) is 53.4. The summed E-state index contributed by atoms with van der Waals surface area (Å²) in [5, 5.41) is 36.7. The molecule has 0 saturated carbocycles. The molecule has 0 aliphatic carbocycles. The molecule has 0 aliphatic rings. The number of carbonyl (C=O) groups is 7. The minimum absolute atomic E-state index is 0.00182. The van der Waals surface area contributed by atoms with Gasteiger partial charge in [0.25, 0.3) is 0 Å². The lowest BCUT2D eigenvalue weighted by Gasteiger charge is -2.30. The third-order valence-corrected chi connectivity index (χ3v) is 11.4. The summed E-state index contributed by atoms with van der Waals surface area (Å²) in [6.45, 7) is 6.80. The standard InChI is InChI=1S/C46H70N10O9/c1-5-28(4)39(56-41(59)34(20-12-14-22-48)51-44(62)37(26-57)54-40(58)32(49)18-11-13-21-47)45(63)53-36(24-30-25-50-33-19-10-9-17-31(30)33)42(60)52-35(23-29-15-7-6-8-16-29)43(61)55-38(27(2)3)46(64)65/h6-10,15-17,19,25,27-28,32,34-39,50,57H,5,11-14,18,20-24,26,47-49H2,1-4H3,(H,51,62)(H,52,60)(H,53,63)(H,54,58)(H,55,61)(H,56,59)(H,64,65)/t28-,32-,34-,35-,36-,37-,38-,39-/m0/s1. The van der Waals surface area contributed by atoms with Crippen LogP contribution in [0.3, 0.4) is 0 Å². The molecule has 0 aliphatic heterocycles. The molecule has 0 unspecified atom stereocenters. The summed E-state index contributed by atoms with van der Waals surface area (Å²) in [6, 6.07) is 7.59. The lowest BCUT2D eigenvalue weighted by Crippen LogP contribution is -2.61. The number of carbonyl (C=O) groups excluding carboxylic acids is 6. The second kappa shape index (κ2) is 27.4. The van der Waals surface area contributed by atoms with E-state index in [-0.39, 0.29) is 19.3 Å². The van der Waals surface area contributed by atoms with E-state index in [0.717, 1.165) is 10.9 Å². The van der Waals surface area contributed by atoms with Gasteiger partial charge in [-0.3, -0.25) is 28.8 Å². The van der Waals surface area contributed by atoms with Crippen LogP contribution in [0.25, 0.3) is 10.9 Å². The molecular formula is C46H70N10O9. The second-order valence-electron chi connectivity index (χ2n) is 16.8. The topological polar surface area (TPSA) is 326 Å². The Bertz CT molecular complexity index is 2010. The Hall–Kier alpha value is -5.89. The molecule has 6 amide bonds. The number of carboxylic acids is 1. The van der Waals surface area contributed by atoms with E-state index >= 15 is 0 Å². The van der Waals surface area contributed by atoms with Crippen molar-refractivity contribution in [2.75, 3.05) is 19.7 Å². The Labute approximate surface area is 380 Å². The highest BCUT2D eigenvalue weighted by Gasteiger charge is 2.36. The molecule has 19 heteroatoms. The number of nitrogens with two attached hydrogens (primary N) is 3. The fraction of sp³-hybridized carbons (Fsp3) is 0.543. The number of nitrogens with one attached hydrogen (secondary N) is 7. The number of aromatic amines is 1. The minimum Gasteiger partial charge on any atom is -0.480 e. The van der Waals surface area contributed by atoms with Crippen LogP contribution in [0, 0.1) is 11.8 Å². The molecule has 0 radical (unpaired) electrons. The molecule has 0 saturated heterocycles. The van der Waals surface area contributed by atoms with Crippen LogP contribution in [0.4, 0.5) is 0 Å². The van der Waals surface area contributed by atoms with Gasteiger partial charge in [-0.25, -0.2) is 4.79 Å². The van der Waals surface area contributed by atoms with Crippen molar-refractivity contribution in [3.63, 3.8) is 0 Å². The average molecular weight is 907 g/mol. The molecule has 0 spiro atoms. The summed E-state index contributed by atoms with van der Waals surface area (Å²) in [6.07, 6.45) is 4.65. The number of rotatable bonds is 29. The molecule has 19 nitrogen and oxygen atoms in total. The Kier molecular flexibility index (Phi) is 22.6. The molecule has 358 valence electrons. The molecule has 3 rings (SSSR count). The summed E-state index contributed by atoms with van der Waals surface area (Å²) >= 11 is 0. The molecule has 2 aromatic carbocycles. The van der Waals surface area contributed by atoms with Crippen LogP contribution in [0.2, 0.25) is 0 Å². The van der Waals surface area contributed by atoms with Crippen LogP contribution in [0.5, 0.6) is 0 Å². The molecule has 15 N–H and O–H groups in total. The van der Waals surface area contributed by atoms with Gasteiger partial charge < -0.3 is 64.3 Å². The Balaban J connectivity index is 1.94. The van der Waals surface area contributed by atoms with Crippen LogP contribution < -0.4 is 49.1 Å².